The van der Waals surface area contributed by atoms with Gasteiger partial charge in [0.1, 0.15) is 5.65 Å². The number of aliphatic carboxylic acids is 1. The number of rotatable bonds is 5. The summed E-state index contributed by atoms with van der Waals surface area (Å²) in [5.74, 6) is -0.784. The lowest BCUT2D eigenvalue weighted by Crippen LogP contribution is -2.37. The van der Waals surface area contributed by atoms with Gasteiger partial charge in [0.2, 0.25) is 0 Å². The van der Waals surface area contributed by atoms with Gasteiger partial charge in [-0.05, 0) is 25.0 Å². The second-order valence-electron chi connectivity index (χ2n) is 5.58. The fraction of sp³-hybridized carbons (Fsp3) is 0.467. The summed E-state index contributed by atoms with van der Waals surface area (Å²) in [6.07, 6.45) is 8.25. The molecule has 3 rings (SSSR count). The molecule has 1 aliphatic rings. The minimum atomic E-state index is -0.784. The van der Waals surface area contributed by atoms with Gasteiger partial charge in [-0.1, -0.05) is 24.4 Å². The fourth-order valence-electron chi connectivity index (χ4n) is 3.06. The zero-order valence-corrected chi connectivity index (χ0v) is 12.5. The maximum atomic E-state index is 11.1. The summed E-state index contributed by atoms with van der Waals surface area (Å²) in [7, 11) is 0. The number of fused-ring (bicyclic) bond motifs is 1. The first kappa shape index (κ1) is 14.4. The molecule has 0 spiro atoms. The highest BCUT2D eigenvalue weighted by Crippen LogP contribution is 2.25. The molecule has 0 bridgehead atoms. The highest BCUT2D eigenvalue weighted by atomic mass is 35.5. The molecule has 2 aromatic heterocycles. The van der Waals surface area contributed by atoms with Crippen molar-refractivity contribution in [2.24, 2.45) is 0 Å². The van der Waals surface area contributed by atoms with Crippen LogP contribution in [0.3, 0.4) is 0 Å². The van der Waals surface area contributed by atoms with Crippen molar-refractivity contribution in [3.8, 4) is 0 Å². The van der Waals surface area contributed by atoms with Crippen LogP contribution in [-0.4, -0.2) is 37.9 Å². The zero-order chi connectivity index (χ0) is 14.8. The highest BCUT2D eigenvalue weighted by molar-refractivity contribution is 6.30. The molecular weight excluding hydrogens is 290 g/mol. The Labute approximate surface area is 128 Å². The minimum absolute atomic E-state index is 0.0687. The first-order valence-corrected chi connectivity index (χ1v) is 7.58. The summed E-state index contributed by atoms with van der Waals surface area (Å²) in [6, 6.07) is 4.03. The Morgan fingerprint density at radius 2 is 2.14 bits per heavy atom. The van der Waals surface area contributed by atoms with Crippen LogP contribution >= 0.6 is 11.6 Å². The van der Waals surface area contributed by atoms with Crippen molar-refractivity contribution in [3.63, 3.8) is 0 Å². The van der Waals surface area contributed by atoms with Crippen molar-refractivity contribution in [1.82, 2.24) is 14.3 Å². The molecule has 1 aliphatic carbocycles. The Bertz CT molecular complexity index is 649. The van der Waals surface area contributed by atoms with E-state index >= 15 is 0 Å². The fourth-order valence-corrected chi connectivity index (χ4v) is 3.23. The maximum Gasteiger partial charge on any atom is 0.317 e. The van der Waals surface area contributed by atoms with Crippen LogP contribution in [0.1, 0.15) is 31.4 Å². The molecule has 1 N–H and O–H groups in total. The maximum absolute atomic E-state index is 11.1. The molecule has 0 atom stereocenters. The molecule has 2 aromatic rings. The number of imidazole rings is 1. The largest absolute Gasteiger partial charge is 0.480 e. The summed E-state index contributed by atoms with van der Waals surface area (Å²) >= 11 is 5.97. The van der Waals surface area contributed by atoms with Gasteiger partial charge in [0, 0.05) is 25.0 Å². The van der Waals surface area contributed by atoms with E-state index in [9.17, 15) is 4.79 Å². The topological polar surface area (TPSA) is 57.8 Å². The molecular formula is C15H18ClN3O2. The van der Waals surface area contributed by atoms with Crippen LogP contribution in [-0.2, 0) is 11.3 Å². The second-order valence-corrected chi connectivity index (χ2v) is 6.02. The predicted octanol–water partition coefficient (Wildman–Crippen LogP) is 2.82. The van der Waals surface area contributed by atoms with Crippen molar-refractivity contribution < 1.29 is 9.90 Å². The average molecular weight is 308 g/mol. The number of pyridine rings is 1. The van der Waals surface area contributed by atoms with Crippen LogP contribution in [0, 0.1) is 0 Å². The Balaban J connectivity index is 1.80. The van der Waals surface area contributed by atoms with Gasteiger partial charge in [0.15, 0.2) is 0 Å². The molecule has 2 heterocycles. The van der Waals surface area contributed by atoms with Gasteiger partial charge < -0.3 is 9.51 Å². The first-order chi connectivity index (χ1) is 10.1. The lowest BCUT2D eigenvalue weighted by molar-refractivity contribution is -0.139. The van der Waals surface area contributed by atoms with Crippen molar-refractivity contribution in [2.45, 2.75) is 38.3 Å². The zero-order valence-electron chi connectivity index (χ0n) is 11.7. The van der Waals surface area contributed by atoms with E-state index in [0.29, 0.717) is 17.6 Å². The Morgan fingerprint density at radius 1 is 1.38 bits per heavy atom. The van der Waals surface area contributed by atoms with Crippen molar-refractivity contribution in [3.05, 3.63) is 35.2 Å². The molecule has 1 fully saturated rings. The van der Waals surface area contributed by atoms with E-state index in [0.717, 1.165) is 24.2 Å². The predicted molar refractivity (Wildman–Crippen MR) is 80.5 cm³/mol. The van der Waals surface area contributed by atoms with Crippen LogP contribution in [0.2, 0.25) is 5.02 Å². The summed E-state index contributed by atoms with van der Waals surface area (Å²) in [4.78, 5) is 17.7. The van der Waals surface area contributed by atoms with Gasteiger partial charge in [0.05, 0.1) is 17.3 Å². The van der Waals surface area contributed by atoms with E-state index in [1.807, 2.05) is 27.8 Å². The number of carbonyl (C=O) groups is 1. The van der Waals surface area contributed by atoms with E-state index in [-0.39, 0.29) is 6.54 Å². The van der Waals surface area contributed by atoms with Crippen molar-refractivity contribution in [2.75, 3.05) is 6.54 Å². The second kappa shape index (κ2) is 6.03. The van der Waals surface area contributed by atoms with Crippen LogP contribution < -0.4 is 0 Å². The van der Waals surface area contributed by atoms with Crippen LogP contribution in [0.25, 0.3) is 5.65 Å². The normalized spacial score (nSPS) is 16.1. The van der Waals surface area contributed by atoms with E-state index < -0.39 is 5.97 Å². The van der Waals surface area contributed by atoms with E-state index in [1.165, 1.54) is 12.8 Å². The number of carboxylic acid groups (broad SMARTS) is 1. The Kier molecular flexibility index (Phi) is 4.12. The molecule has 0 aliphatic heterocycles. The highest BCUT2D eigenvalue weighted by Gasteiger charge is 2.25. The molecule has 1 saturated carbocycles. The number of carboxylic acids is 1. The smallest absolute Gasteiger partial charge is 0.317 e. The van der Waals surface area contributed by atoms with Gasteiger partial charge in [-0.25, -0.2) is 4.98 Å². The average Bonchev–Trinajstić information content (AvgIpc) is 3.05. The molecule has 5 nitrogen and oxygen atoms in total. The Hall–Kier alpha value is -1.59. The summed E-state index contributed by atoms with van der Waals surface area (Å²) in [6.45, 7) is 0.634. The van der Waals surface area contributed by atoms with Gasteiger partial charge in [0.25, 0.3) is 0 Å². The number of nitrogens with zero attached hydrogens (tertiary/aromatic N) is 3. The van der Waals surface area contributed by atoms with Crippen LogP contribution in [0.5, 0.6) is 0 Å². The van der Waals surface area contributed by atoms with Crippen LogP contribution in [0.15, 0.2) is 24.5 Å². The SMILES string of the molecule is O=C(O)CN(Cc1cn2cc(Cl)ccc2n1)C1CCCC1. The molecule has 0 saturated heterocycles. The minimum Gasteiger partial charge on any atom is -0.480 e. The number of hydrogen-bond acceptors (Lipinski definition) is 3. The molecule has 0 radical (unpaired) electrons. The third kappa shape index (κ3) is 3.36. The lowest BCUT2D eigenvalue weighted by Gasteiger charge is -2.26. The summed E-state index contributed by atoms with van der Waals surface area (Å²) in [5, 5.41) is 9.77. The number of aromatic nitrogens is 2. The lowest BCUT2D eigenvalue weighted by atomic mass is 10.2. The molecule has 112 valence electrons. The van der Waals surface area contributed by atoms with Crippen molar-refractivity contribution >= 4 is 23.2 Å². The summed E-state index contributed by atoms with van der Waals surface area (Å²) in [5.41, 5.74) is 1.71. The Morgan fingerprint density at radius 3 is 2.86 bits per heavy atom. The van der Waals surface area contributed by atoms with E-state index in [4.69, 9.17) is 16.7 Å². The van der Waals surface area contributed by atoms with E-state index in [1.54, 1.807) is 6.07 Å². The van der Waals surface area contributed by atoms with Gasteiger partial charge in [-0.3, -0.25) is 9.69 Å². The monoisotopic (exact) mass is 307 g/mol. The standard InChI is InChI=1S/C15H18ClN3O2/c16-11-5-6-14-17-12(9-19(14)7-11)8-18(10-15(20)21)13-3-1-2-4-13/h5-7,9,13H,1-4,8,10H2,(H,20,21). The van der Waals surface area contributed by atoms with Crippen molar-refractivity contribution in [1.29, 1.82) is 0 Å². The number of halogens is 1. The van der Waals surface area contributed by atoms with E-state index in [2.05, 4.69) is 4.98 Å². The molecule has 6 heteroatoms. The molecule has 0 amide bonds. The third-order valence-corrected chi connectivity index (χ3v) is 4.23. The quantitative estimate of drug-likeness (QED) is 0.923. The van der Waals surface area contributed by atoms with Crippen LogP contribution in [0.4, 0.5) is 0 Å². The van der Waals surface area contributed by atoms with Gasteiger partial charge in [-0.2, -0.15) is 0 Å². The first-order valence-electron chi connectivity index (χ1n) is 7.21. The summed E-state index contributed by atoms with van der Waals surface area (Å²) < 4.78 is 1.88. The van der Waals surface area contributed by atoms with Gasteiger partial charge in [-0.15, -0.1) is 0 Å². The molecule has 21 heavy (non-hydrogen) atoms. The third-order valence-electron chi connectivity index (χ3n) is 4.01. The van der Waals surface area contributed by atoms with Gasteiger partial charge >= 0.3 is 5.97 Å². The molecule has 0 unspecified atom stereocenters. The number of hydrogen-bond donors (Lipinski definition) is 1. The molecule has 0 aromatic carbocycles.